The van der Waals surface area contributed by atoms with Crippen molar-refractivity contribution < 1.29 is 4.74 Å². The lowest BCUT2D eigenvalue weighted by atomic mass is 9.85. The first-order valence-electron chi connectivity index (χ1n) is 6.44. The number of anilines is 1. The summed E-state index contributed by atoms with van der Waals surface area (Å²) in [5.74, 6) is 2.49. The second-order valence-corrected chi connectivity index (χ2v) is 4.59. The molecule has 4 heteroatoms. The van der Waals surface area contributed by atoms with Crippen LogP contribution in [0.3, 0.4) is 0 Å². The van der Waals surface area contributed by atoms with Gasteiger partial charge >= 0.3 is 0 Å². The standard InChI is InChI=1S/C13H21N3O/c1-3-7-14-12-8-11(9-17-2)15-13(16-12)10-5-4-6-10/h8,10H,3-7,9H2,1-2H3,(H,14,15,16). The normalized spacial score (nSPS) is 15.6. The van der Waals surface area contributed by atoms with Crippen LogP contribution in [-0.2, 0) is 11.3 Å². The molecule has 1 aliphatic carbocycles. The molecule has 2 rings (SSSR count). The molecule has 0 amide bonds. The number of hydrogen-bond acceptors (Lipinski definition) is 4. The molecule has 1 saturated carbocycles. The maximum Gasteiger partial charge on any atom is 0.134 e. The molecule has 1 aromatic heterocycles. The summed E-state index contributed by atoms with van der Waals surface area (Å²) in [4.78, 5) is 9.17. The van der Waals surface area contributed by atoms with Gasteiger partial charge in [-0.25, -0.2) is 9.97 Å². The lowest BCUT2D eigenvalue weighted by molar-refractivity contribution is 0.181. The average molecular weight is 235 g/mol. The third-order valence-electron chi connectivity index (χ3n) is 3.12. The molecule has 0 saturated heterocycles. The second kappa shape index (κ2) is 5.96. The van der Waals surface area contributed by atoms with Crippen LogP contribution in [-0.4, -0.2) is 23.6 Å². The van der Waals surface area contributed by atoms with E-state index in [1.807, 2.05) is 6.07 Å². The van der Waals surface area contributed by atoms with Gasteiger partial charge in [0.2, 0.25) is 0 Å². The summed E-state index contributed by atoms with van der Waals surface area (Å²) in [6.07, 6.45) is 4.86. The van der Waals surface area contributed by atoms with Gasteiger partial charge in [-0.15, -0.1) is 0 Å². The minimum atomic E-state index is 0.559. The Hall–Kier alpha value is -1.16. The van der Waals surface area contributed by atoms with E-state index in [1.165, 1.54) is 19.3 Å². The van der Waals surface area contributed by atoms with Gasteiger partial charge in [0.1, 0.15) is 11.6 Å². The van der Waals surface area contributed by atoms with E-state index in [1.54, 1.807) is 7.11 Å². The highest BCUT2D eigenvalue weighted by Gasteiger charge is 2.23. The summed E-state index contributed by atoms with van der Waals surface area (Å²) >= 11 is 0. The molecule has 1 fully saturated rings. The van der Waals surface area contributed by atoms with Crippen molar-refractivity contribution in [3.63, 3.8) is 0 Å². The van der Waals surface area contributed by atoms with E-state index in [4.69, 9.17) is 4.74 Å². The van der Waals surface area contributed by atoms with Crippen LogP contribution in [0.2, 0.25) is 0 Å². The molecule has 0 unspecified atom stereocenters. The van der Waals surface area contributed by atoms with E-state index in [0.29, 0.717) is 12.5 Å². The van der Waals surface area contributed by atoms with Crippen LogP contribution in [0.5, 0.6) is 0 Å². The highest BCUT2D eigenvalue weighted by Crippen LogP contribution is 2.34. The van der Waals surface area contributed by atoms with Crippen molar-refractivity contribution in [2.24, 2.45) is 0 Å². The van der Waals surface area contributed by atoms with Crippen LogP contribution >= 0.6 is 0 Å². The van der Waals surface area contributed by atoms with Crippen molar-refractivity contribution in [2.45, 2.75) is 45.1 Å². The maximum absolute atomic E-state index is 5.16. The summed E-state index contributed by atoms with van der Waals surface area (Å²) in [6, 6.07) is 1.99. The molecule has 0 aromatic carbocycles. The molecule has 1 heterocycles. The number of hydrogen-bond donors (Lipinski definition) is 1. The van der Waals surface area contributed by atoms with Gasteiger partial charge < -0.3 is 10.1 Å². The molecular weight excluding hydrogens is 214 g/mol. The monoisotopic (exact) mass is 235 g/mol. The number of methoxy groups -OCH3 is 1. The van der Waals surface area contributed by atoms with Crippen LogP contribution in [0.4, 0.5) is 5.82 Å². The first kappa shape index (κ1) is 12.3. The molecule has 17 heavy (non-hydrogen) atoms. The van der Waals surface area contributed by atoms with Gasteiger partial charge in [0.25, 0.3) is 0 Å². The zero-order valence-electron chi connectivity index (χ0n) is 10.7. The number of nitrogens with one attached hydrogen (secondary N) is 1. The van der Waals surface area contributed by atoms with Crippen LogP contribution in [0.25, 0.3) is 0 Å². The number of ether oxygens (including phenoxy) is 1. The minimum Gasteiger partial charge on any atom is -0.378 e. The molecule has 0 aliphatic heterocycles. The van der Waals surface area contributed by atoms with Crippen molar-refractivity contribution >= 4 is 5.82 Å². The van der Waals surface area contributed by atoms with Crippen LogP contribution in [0.1, 0.15) is 50.0 Å². The lowest BCUT2D eigenvalue weighted by Crippen LogP contribution is -2.15. The predicted molar refractivity (Wildman–Crippen MR) is 68.1 cm³/mol. The molecule has 0 atom stereocenters. The number of aromatic nitrogens is 2. The summed E-state index contributed by atoms with van der Waals surface area (Å²) in [7, 11) is 1.70. The Kier molecular flexibility index (Phi) is 4.31. The van der Waals surface area contributed by atoms with E-state index in [9.17, 15) is 0 Å². The van der Waals surface area contributed by atoms with E-state index < -0.39 is 0 Å². The van der Waals surface area contributed by atoms with E-state index in [2.05, 4.69) is 22.2 Å². The van der Waals surface area contributed by atoms with Crippen molar-refractivity contribution in [3.05, 3.63) is 17.6 Å². The Morgan fingerprint density at radius 2 is 2.24 bits per heavy atom. The van der Waals surface area contributed by atoms with E-state index in [-0.39, 0.29) is 0 Å². The Bertz CT molecular complexity index is 364. The van der Waals surface area contributed by atoms with E-state index >= 15 is 0 Å². The zero-order chi connectivity index (χ0) is 12.1. The largest absolute Gasteiger partial charge is 0.378 e. The predicted octanol–water partition coefficient (Wildman–Crippen LogP) is 2.71. The van der Waals surface area contributed by atoms with Gasteiger partial charge in [0, 0.05) is 25.6 Å². The lowest BCUT2D eigenvalue weighted by Gasteiger charge is -2.24. The third-order valence-corrected chi connectivity index (χ3v) is 3.12. The van der Waals surface area contributed by atoms with Gasteiger partial charge in [0.05, 0.1) is 12.3 Å². The van der Waals surface area contributed by atoms with Crippen molar-refractivity contribution in [1.29, 1.82) is 0 Å². The molecule has 94 valence electrons. The highest BCUT2D eigenvalue weighted by molar-refractivity contribution is 5.36. The van der Waals surface area contributed by atoms with Crippen molar-refractivity contribution in [2.75, 3.05) is 19.0 Å². The Balaban J connectivity index is 2.15. The fourth-order valence-electron chi connectivity index (χ4n) is 1.93. The minimum absolute atomic E-state index is 0.559. The molecule has 1 N–H and O–H groups in total. The molecule has 4 nitrogen and oxygen atoms in total. The summed E-state index contributed by atoms with van der Waals surface area (Å²) in [5, 5.41) is 3.33. The molecule has 0 bridgehead atoms. The summed E-state index contributed by atoms with van der Waals surface area (Å²) in [5.41, 5.74) is 0.975. The zero-order valence-corrected chi connectivity index (χ0v) is 10.7. The fraction of sp³-hybridized carbons (Fsp3) is 0.692. The van der Waals surface area contributed by atoms with Gasteiger partial charge in [-0.05, 0) is 19.3 Å². The molecule has 0 radical (unpaired) electrons. The quantitative estimate of drug-likeness (QED) is 0.823. The highest BCUT2D eigenvalue weighted by atomic mass is 16.5. The van der Waals surface area contributed by atoms with Gasteiger partial charge in [-0.3, -0.25) is 0 Å². The molecule has 1 aromatic rings. The average Bonchev–Trinajstić information content (AvgIpc) is 2.24. The van der Waals surface area contributed by atoms with Crippen molar-refractivity contribution in [3.8, 4) is 0 Å². The number of nitrogens with zero attached hydrogens (tertiary/aromatic N) is 2. The first-order valence-corrected chi connectivity index (χ1v) is 6.44. The smallest absolute Gasteiger partial charge is 0.134 e. The van der Waals surface area contributed by atoms with Crippen molar-refractivity contribution in [1.82, 2.24) is 9.97 Å². The Morgan fingerprint density at radius 1 is 1.41 bits per heavy atom. The van der Waals surface area contributed by atoms with Crippen LogP contribution in [0, 0.1) is 0 Å². The third kappa shape index (κ3) is 3.16. The fourth-order valence-corrected chi connectivity index (χ4v) is 1.93. The molecule has 1 aliphatic rings. The molecule has 0 spiro atoms. The van der Waals surface area contributed by atoms with E-state index in [0.717, 1.165) is 30.3 Å². The summed E-state index contributed by atoms with van der Waals surface area (Å²) in [6.45, 7) is 3.66. The second-order valence-electron chi connectivity index (χ2n) is 4.59. The topological polar surface area (TPSA) is 47.0 Å². The molecular formula is C13H21N3O. The SMILES string of the molecule is CCCNc1cc(COC)nc(C2CCC2)n1. The van der Waals surface area contributed by atoms with Gasteiger partial charge in [0.15, 0.2) is 0 Å². The first-order chi connectivity index (χ1) is 8.33. The Morgan fingerprint density at radius 3 is 2.82 bits per heavy atom. The van der Waals surface area contributed by atoms with Crippen LogP contribution in [0.15, 0.2) is 6.07 Å². The maximum atomic E-state index is 5.16. The van der Waals surface area contributed by atoms with Gasteiger partial charge in [-0.2, -0.15) is 0 Å². The van der Waals surface area contributed by atoms with Gasteiger partial charge in [-0.1, -0.05) is 13.3 Å². The Labute approximate surface area is 103 Å². The van der Waals surface area contributed by atoms with Crippen LogP contribution < -0.4 is 5.32 Å². The summed E-state index contributed by atoms with van der Waals surface area (Å²) < 4.78 is 5.16. The number of rotatable bonds is 6.